The van der Waals surface area contributed by atoms with Crippen LogP contribution in [-0.4, -0.2) is 38.4 Å². The van der Waals surface area contributed by atoms with Crippen LogP contribution in [0, 0.1) is 10.1 Å². The van der Waals surface area contributed by atoms with Gasteiger partial charge in [-0.15, -0.1) is 0 Å². The molecule has 0 aliphatic rings. The van der Waals surface area contributed by atoms with Crippen LogP contribution in [0.3, 0.4) is 0 Å². The minimum Gasteiger partial charge on any atom is -0.489 e. The SMILES string of the molecule is COCCOC(=O)Nc1cc(C(C)(C)C)cc([N+](=O)[O-])c1OC. The number of hydrogen-bond donors (Lipinski definition) is 1. The van der Waals surface area contributed by atoms with Gasteiger partial charge in [-0.05, 0) is 17.0 Å². The molecule has 1 rings (SSSR count). The van der Waals surface area contributed by atoms with Crippen molar-refractivity contribution in [2.75, 3.05) is 32.8 Å². The standard InChI is InChI=1S/C15H22N2O6/c1-15(2,3)10-8-11(16-14(18)23-7-6-21-4)13(22-5)12(9-10)17(19)20/h8-9H,6-7H2,1-5H3,(H,16,18). The number of nitro benzene ring substituents is 1. The number of nitro groups is 1. The number of amides is 1. The number of methoxy groups -OCH3 is 2. The normalized spacial score (nSPS) is 11.0. The van der Waals surface area contributed by atoms with Gasteiger partial charge in [0, 0.05) is 13.2 Å². The van der Waals surface area contributed by atoms with Gasteiger partial charge in [0.2, 0.25) is 5.75 Å². The maximum absolute atomic E-state index is 11.8. The van der Waals surface area contributed by atoms with Crippen molar-refractivity contribution in [3.63, 3.8) is 0 Å². The third-order valence-electron chi connectivity index (χ3n) is 3.09. The molecule has 0 unspecified atom stereocenters. The smallest absolute Gasteiger partial charge is 0.411 e. The van der Waals surface area contributed by atoms with Gasteiger partial charge in [0.05, 0.1) is 24.3 Å². The van der Waals surface area contributed by atoms with Gasteiger partial charge in [-0.25, -0.2) is 4.79 Å². The summed E-state index contributed by atoms with van der Waals surface area (Å²) >= 11 is 0. The van der Waals surface area contributed by atoms with Gasteiger partial charge in [-0.1, -0.05) is 20.8 Å². The van der Waals surface area contributed by atoms with Gasteiger partial charge in [0.25, 0.3) is 0 Å². The Morgan fingerprint density at radius 3 is 2.39 bits per heavy atom. The van der Waals surface area contributed by atoms with Crippen LogP contribution in [0.2, 0.25) is 0 Å². The Morgan fingerprint density at radius 1 is 1.26 bits per heavy atom. The molecule has 1 amide bonds. The predicted octanol–water partition coefficient (Wildman–Crippen LogP) is 3.10. The molecule has 0 radical (unpaired) electrons. The van der Waals surface area contributed by atoms with Crippen LogP contribution in [0.25, 0.3) is 0 Å². The van der Waals surface area contributed by atoms with E-state index in [4.69, 9.17) is 14.2 Å². The monoisotopic (exact) mass is 326 g/mol. The van der Waals surface area contributed by atoms with Crippen molar-refractivity contribution in [2.24, 2.45) is 0 Å². The van der Waals surface area contributed by atoms with Crippen LogP contribution < -0.4 is 10.1 Å². The lowest BCUT2D eigenvalue weighted by Crippen LogP contribution is -2.18. The average molecular weight is 326 g/mol. The highest BCUT2D eigenvalue weighted by molar-refractivity contribution is 5.88. The second kappa shape index (κ2) is 7.77. The second-order valence-corrected chi connectivity index (χ2v) is 5.84. The Bertz CT molecular complexity index is 580. The second-order valence-electron chi connectivity index (χ2n) is 5.84. The Balaban J connectivity index is 3.20. The summed E-state index contributed by atoms with van der Waals surface area (Å²) in [7, 11) is 2.79. The molecule has 0 heterocycles. The summed E-state index contributed by atoms with van der Waals surface area (Å²) in [6.45, 7) is 6.08. The van der Waals surface area contributed by atoms with Crippen LogP contribution in [0.5, 0.6) is 5.75 Å². The van der Waals surface area contributed by atoms with E-state index in [-0.39, 0.29) is 35.8 Å². The van der Waals surface area contributed by atoms with E-state index in [0.29, 0.717) is 5.56 Å². The van der Waals surface area contributed by atoms with Crippen molar-refractivity contribution in [3.05, 3.63) is 27.8 Å². The quantitative estimate of drug-likeness (QED) is 0.490. The van der Waals surface area contributed by atoms with E-state index in [1.807, 2.05) is 20.8 Å². The number of nitrogens with one attached hydrogen (secondary N) is 1. The van der Waals surface area contributed by atoms with Crippen molar-refractivity contribution in [2.45, 2.75) is 26.2 Å². The highest BCUT2D eigenvalue weighted by atomic mass is 16.6. The van der Waals surface area contributed by atoms with E-state index in [2.05, 4.69) is 5.32 Å². The fraction of sp³-hybridized carbons (Fsp3) is 0.533. The van der Waals surface area contributed by atoms with E-state index >= 15 is 0 Å². The number of hydrogen-bond acceptors (Lipinski definition) is 6. The van der Waals surface area contributed by atoms with Crippen molar-refractivity contribution in [1.82, 2.24) is 0 Å². The predicted molar refractivity (Wildman–Crippen MR) is 85.2 cm³/mol. The first-order valence-electron chi connectivity index (χ1n) is 7.00. The maximum atomic E-state index is 11.8. The summed E-state index contributed by atoms with van der Waals surface area (Å²) in [6, 6.07) is 3.09. The molecular formula is C15H22N2O6. The van der Waals surface area contributed by atoms with Crippen molar-refractivity contribution in [3.8, 4) is 5.75 Å². The largest absolute Gasteiger partial charge is 0.489 e. The summed E-state index contributed by atoms with van der Waals surface area (Å²) in [6.07, 6.45) is -0.735. The highest BCUT2D eigenvalue weighted by Gasteiger charge is 2.26. The van der Waals surface area contributed by atoms with Gasteiger partial charge < -0.3 is 14.2 Å². The fourth-order valence-electron chi connectivity index (χ4n) is 1.85. The summed E-state index contributed by atoms with van der Waals surface area (Å²) in [5.41, 5.74) is 0.325. The molecule has 0 saturated carbocycles. The molecule has 8 heteroatoms. The van der Waals surface area contributed by atoms with Crippen molar-refractivity contribution >= 4 is 17.5 Å². The van der Waals surface area contributed by atoms with Crippen LogP contribution in [0.15, 0.2) is 12.1 Å². The van der Waals surface area contributed by atoms with Crippen LogP contribution in [0.4, 0.5) is 16.2 Å². The van der Waals surface area contributed by atoms with Gasteiger partial charge in [0.1, 0.15) is 6.61 Å². The highest BCUT2D eigenvalue weighted by Crippen LogP contribution is 2.39. The van der Waals surface area contributed by atoms with Gasteiger partial charge in [-0.3, -0.25) is 15.4 Å². The summed E-state index contributed by atoms with van der Waals surface area (Å²) in [5, 5.41) is 13.8. The lowest BCUT2D eigenvalue weighted by molar-refractivity contribution is -0.385. The Labute approximate surface area is 134 Å². The Kier molecular flexibility index (Phi) is 6.32. The number of anilines is 1. The third-order valence-corrected chi connectivity index (χ3v) is 3.09. The Morgan fingerprint density at radius 2 is 1.91 bits per heavy atom. The molecule has 0 spiro atoms. The van der Waals surface area contributed by atoms with E-state index in [1.54, 1.807) is 6.07 Å². The van der Waals surface area contributed by atoms with Gasteiger partial charge >= 0.3 is 11.8 Å². The van der Waals surface area contributed by atoms with E-state index in [1.165, 1.54) is 20.3 Å². The van der Waals surface area contributed by atoms with Crippen LogP contribution >= 0.6 is 0 Å². The molecule has 0 bridgehead atoms. The first-order valence-corrected chi connectivity index (χ1v) is 7.00. The molecule has 1 aromatic rings. The molecule has 0 fully saturated rings. The summed E-state index contributed by atoms with van der Waals surface area (Å²) in [4.78, 5) is 22.5. The molecule has 128 valence electrons. The first kappa shape index (κ1) is 18.7. The average Bonchev–Trinajstić information content (AvgIpc) is 2.45. The van der Waals surface area contributed by atoms with Gasteiger partial charge in [-0.2, -0.15) is 0 Å². The zero-order valence-electron chi connectivity index (χ0n) is 14.0. The van der Waals surface area contributed by atoms with Crippen LogP contribution in [0.1, 0.15) is 26.3 Å². The van der Waals surface area contributed by atoms with Crippen molar-refractivity contribution < 1.29 is 23.9 Å². The molecule has 8 nitrogen and oxygen atoms in total. The molecule has 0 aromatic heterocycles. The molecule has 0 saturated heterocycles. The van der Waals surface area contributed by atoms with E-state index < -0.39 is 11.0 Å². The molecule has 1 N–H and O–H groups in total. The number of rotatable bonds is 6. The lowest BCUT2D eigenvalue weighted by atomic mass is 9.86. The molecule has 0 atom stereocenters. The van der Waals surface area contributed by atoms with E-state index in [9.17, 15) is 14.9 Å². The first-order chi connectivity index (χ1) is 10.7. The Hall–Kier alpha value is -2.35. The topological polar surface area (TPSA) is 99.9 Å². The minimum atomic E-state index is -0.735. The molecule has 23 heavy (non-hydrogen) atoms. The number of nitrogens with zero attached hydrogens (tertiary/aromatic N) is 1. The maximum Gasteiger partial charge on any atom is 0.411 e. The zero-order chi connectivity index (χ0) is 17.6. The number of carbonyl (C=O) groups is 1. The summed E-state index contributed by atoms with van der Waals surface area (Å²) in [5.74, 6) is -0.0216. The molecule has 1 aromatic carbocycles. The van der Waals surface area contributed by atoms with Crippen molar-refractivity contribution in [1.29, 1.82) is 0 Å². The van der Waals surface area contributed by atoms with Crippen LogP contribution in [-0.2, 0) is 14.9 Å². The van der Waals surface area contributed by atoms with Gasteiger partial charge in [0.15, 0.2) is 0 Å². The molecule has 0 aliphatic carbocycles. The number of ether oxygens (including phenoxy) is 3. The van der Waals surface area contributed by atoms with E-state index in [0.717, 1.165) is 0 Å². The minimum absolute atomic E-state index is 0.0216. The number of carbonyl (C=O) groups excluding carboxylic acids is 1. The fourth-order valence-corrected chi connectivity index (χ4v) is 1.85. The lowest BCUT2D eigenvalue weighted by Gasteiger charge is -2.21. The third kappa shape index (κ3) is 5.10. The molecule has 0 aliphatic heterocycles. The summed E-state index contributed by atoms with van der Waals surface area (Å²) < 4.78 is 14.8. The molecular weight excluding hydrogens is 304 g/mol. The zero-order valence-corrected chi connectivity index (χ0v) is 14.0. The number of benzene rings is 1.